The van der Waals surface area contributed by atoms with Crippen molar-refractivity contribution in [1.29, 1.82) is 0 Å². The van der Waals surface area contributed by atoms with Crippen LogP contribution in [0.3, 0.4) is 0 Å². The van der Waals surface area contributed by atoms with Gasteiger partial charge in [0.1, 0.15) is 0 Å². The smallest absolute Gasteiger partial charge is 0.264 e. The Bertz CT molecular complexity index is 471. The van der Waals surface area contributed by atoms with Crippen LogP contribution < -0.4 is 0 Å². The molecule has 6 heteroatoms. The van der Waals surface area contributed by atoms with Gasteiger partial charge in [-0.1, -0.05) is 31.4 Å². The molecule has 0 saturated carbocycles. The first kappa shape index (κ1) is 16.8. The molecular weight excluding hydrogens is 304 g/mol. The van der Waals surface area contributed by atoms with Crippen molar-refractivity contribution in [3.05, 3.63) is 29.3 Å². The zero-order valence-electron chi connectivity index (χ0n) is 11.1. The van der Waals surface area contributed by atoms with Crippen molar-refractivity contribution in [3.8, 4) is 0 Å². The van der Waals surface area contributed by atoms with E-state index < -0.39 is 10.1 Å². The molecule has 0 saturated heterocycles. The van der Waals surface area contributed by atoms with E-state index in [1.807, 2.05) is 24.3 Å². The van der Waals surface area contributed by atoms with Crippen molar-refractivity contribution in [1.82, 2.24) is 0 Å². The second-order valence-electron chi connectivity index (χ2n) is 4.33. The highest BCUT2D eigenvalue weighted by atomic mass is 35.5. The summed E-state index contributed by atoms with van der Waals surface area (Å²) in [7, 11) is -3.40. The summed E-state index contributed by atoms with van der Waals surface area (Å²) in [6, 6.07) is 7.49. The van der Waals surface area contributed by atoms with E-state index in [0.29, 0.717) is 10.8 Å². The van der Waals surface area contributed by atoms with Gasteiger partial charge in [-0.05, 0) is 30.7 Å². The molecule has 0 aliphatic carbocycles. The molecule has 0 heterocycles. The first-order chi connectivity index (χ1) is 8.90. The van der Waals surface area contributed by atoms with E-state index in [9.17, 15) is 8.42 Å². The third-order valence-corrected chi connectivity index (χ3v) is 4.46. The minimum absolute atomic E-state index is 0.268. The Labute approximate surface area is 124 Å². The van der Waals surface area contributed by atoms with Gasteiger partial charge in [-0.15, -0.1) is 11.8 Å². The number of benzene rings is 1. The van der Waals surface area contributed by atoms with Gasteiger partial charge in [0.25, 0.3) is 10.1 Å². The standard InChI is InChI=1S/C13H19ClO3S2/c1-3-4-5-12(17-19(2,15)16)10-18-13-8-6-11(14)7-9-13/h6-9,12H,3-5,10H2,1-2H3. The van der Waals surface area contributed by atoms with E-state index in [1.165, 1.54) is 0 Å². The van der Waals surface area contributed by atoms with Crippen molar-refractivity contribution >= 4 is 33.5 Å². The number of hydrogen-bond acceptors (Lipinski definition) is 4. The lowest BCUT2D eigenvalue weighted by atomic mass is 10.2. The summed E-state index contributed by atoms with van der Waals surface area (Å²) in [6.07, 6.45) is 3.57. The zero-order valence-corrected chi connectivity index (χ0v) is 13.5. The van der Waals surface area contributed by atoms with Gasteiger partial charge < -0.3 is 0 Å². The molecule has 1 rings (SSSR count). The molecule has 0 bridgehead atoms. The van der Waals surface area contributed by atoms with Crippen molar-refractivity contribution in [3.63, 3.8) is 0 Å². The predicted molar refractivity (Wildman–Crippen MR) is 81.4 cm³/mol. The molecule has 1 aromatic carbocycles. The molecule has 0 N–H and O–H groups in total. The highest BCUT2D eigenvalue weighted by molar-refractivity contribution is 7.99. The van der Waals surface area contributed by atoms with Crippen LogP contribution >= 0.6 is 23.4 Å². The van der Waals surface area contributed by atoms with Gasteiger partial charge in [-0.3, -0.25) is 4.18 Å². The van der Waals surface area contributed by atoms with Crippen LogP contribution in [0.15, 0.2) is 29.2 Å². The molecule has 108 valence electrons. The van der Waals surface area contributed by atoms with Crippen molar-refractivity contribution in [2.45, 2.75) is 37.2 Å². The lowest BCUT2D eigenvalue weighted by Gasteiger charge is -2.15. The van der Waals surface area contributed by atoms with Gasteiger partial charge >= 0.3 is 0 Å². The Morgan fingerprint density at radius 3 is 2.47 bits per heavy atom. The van der Waals surface area contributed by atoms with E-state index in [-0.39, 0.29) is 6.10 Å². The van der Waals surface area contributed by atoms with Crippen molar-refractivity contribution in [2.24, 2.45) is 0 Å². The molecule has 0 aliphatic heterocycles. The van der Waals surface area contributed by atoms with Gasteiger partial charge in [-0.25, -0.2) is 0 Å². The molecule has 19 heavy (non-hydrogen) atoms. The first-order valence-electron chi connectivity index (χ1n) is 6.17. The number of hydrogen-bond donors (Lipinski definition) is 0. The zero-order chi connectivity index (χ0) is 14.3. The fourth-order valence-electron chi connectivity index (χ4n) is 1.56. The van der Waals surface area contributed by atoms with E-state index in [2.05, 4.69) is 6.92 Å². The Morgan fingerprint density at radius 2 is 1.95 bits per heavy atom. The maximum Gasteiger partial charge on any atom is 0.264 e. The van der Waals surface area contributed by atoms with E-state index in [0.717, 1.165) is 30.4 Å². The third-order valence-electron chi connectivity index (χ3n) is 2.44. The van der Waals surface area contributed by atoms with Crippen LogP contribution in [0.5, 0.6) is 0 Å². The van der Waals surface area contributed by atoms with E-state index >= 15 is 0 Å². The fourth-order valence-corrected chi connectivity index (χ4v) is 3.37. The Morgan fingerprint density at radius 1 is 1.32 bits per heavy atom. The summed E-state index contributed by atoms with van der Waals surface area (Å²) in [5.41, 5.74) is 0. The molecule has 3 nitrogen and oxygen atoms in total. The SMILES string of the molecule is CCCCC(CSc1ccc(Cl)cc1)OS(C)(=O)=O. The summed E-state index contributed by atoms with van der Waals surface area (Å²) < 4.78 is 27.5. The van der Waals surface area contributed by atoms with Crippen LogP contribution in [0.1, 0.15) is 26.2 Å². The van der Waals surface area contributed by atoms with Crippen LogP contribution in [-0.2, 0) is 14.3 Å². The number of halogens is 1. The molecule has 0 aliphatic rings. The van der Waals surface area contributed by atoms with Crippen LogP contribution in [0.4, 0.5) is 0 Å². The topological polar surface area (TPSA) is 43.4 Å². The second kappa shape index (κ2) is 8.15. The quantitative estimate of drug-likeness (QED) is 0.536. The van der Waals surface area contributed by atoms with Crippen molar-refractivity contribution < 1.29 is 12.6 Å². The summed E-state index contributed by atoms with van der Waals surface area (Å²) in [5.74, 6) is 0.620. The van der Waals surface area contributed by atoms with Crippen LogP contribution in [-0.4, -0.2) is 26.5 Å². The van der Waals surface area contributed by atoms with Gasteiger partial charge in [0.15, 0.2) is 0 Å². The van der Waals surface area contributed by atoms with Crippen LogP contribution in [0.2, 0.25) is 5.02 Å². The molecule has 0 fully saturated rings. The number of rotatable bonds is 8. The first-order valence-corrected chi connectivity index (χ1v) is 9.35. The Hall–Kier alpha value is -0.230. The van der Waals surface area contributed by atoms with E-state index in [1.54, 1.807) is 11.8 Å². The molecule has 1 unspecified atom stereocenters. The highest BCUT2D eigenvalue weighted by Crippen LogP contribution is 2.23. The molecule has 0 aromatic heterocycles. The maximum atomic E-state index is 11.2. The van der Waals surface area contributed by atoms with Crippen LogP contribution in [0.25, 0.3) is 0 Å². The van der Waals surface area contributed by atoms with Gasteiger partial charge in [-0.2, -0.15) is 8.42 Å². The van der Waals surface area contributed by atoms with Crippen molar-refractivity contribution in [2.75, 3.05) is 12.0 Å². The second-order valence-corrected chi connectivity index (χ2v) is 7.46. The third kappa shape index (κ3) is 7.82. The van der Waals surface area contributed by atoms with E-state index in [4.69, 9.17) is 15.8 Å². The molecule has 0 amide bonds. The summed E-state index contributed by atoms with van der Waals surface area (Å²) in [5, 5.41) is 0.694. The minimum Gasteiger partial charge on any atom is -0.266 e. The summed E-state index contributed by atoms with van der Waals surface area (Å²) in [6.45, 7) is 2.07. The average Bonchev–Trinajstić information content (AvgIpc) is 2.33. The maximum absolute atomic E-state index is 11.2. The largest absolute Gasteiger partial charge is 0.266 e. The van der Waals surface area contributed by atoms with Gasteiger partial charge in [0, 0.05) is 15.7 Å². The Kier molecular flexibility index (Phi) is 7.21. The molecular formula is C13H19ClO3S2. The lowest BCUT2D eigenvalue weighted by molar-refractivity contribution is 0.221. The number of unbranched alkanes of at least 4 members (excludes halogenated alkanes) is 1. The van der Waals surface area contributed by atoms with Crippen LogP contribution in [0, 0.1) is 0 Å². The summed E-state index contributed by atoms with van der Waals surface area (Å²) in [4.78, 5) is 1.06. The average molecular weight is 323 g/mol. The normalized spacial score (nSPS) is 13.4. The fraction of sp³-hybridized carbons (Fsp3) is 0.538. The molecule has 1 aromatic rings. The predicted octanol–water partition coefficient (Wildman–Crippen LogP) is 3.97. The molecule has 0 spiro atoms. The van der Waals surface area contributed by atoms with Gasteiger partial charge in [0.05, 0.1) is 12.4 Å². The lowest BCUT2D eigenvalue weighted by Crippen LogP contribution is -2.20. The number of thioether (sulfide) groups is 1. The highest BCUT2D eigenvalue weighted by Gasteiger charge is 2.15. The Balaban J connectivity index is 2.54. The minimum atomic E-state index is -3.40. The summed E-state index contributed by atoms with van der Waals surface area (Å²) >= 11 is 7.40. The monoisotopic (exact) mass is 322 g/mol. The van der Waals surface area contributed by atoms with Gasteiger partial charge in [0.2, 0.25) is 0 Å². The molecule has 1 atom stereocenters. The molecule has 0 radical (unpaired) electrons.